The Bertz CT molecular complexity index is 743. The summed E-state index contributed by atoms with van der Waals surface area (Å²) >= 11 is 0. The van der Waals surface area contributed by atoms with E-state index < -0.39 is 0 Å². The van der Waals surface area contributed by atoms with Gasteiger partial charge in [-0.3, -0.25) is 14.7 Å². The molecule has 2 aliphatic rings. The molecule has 1 aromatic carbocycles. The highest BCUT2D eigenvalue weighted by atomic mass is 16.5. The van der Waals surface area contributed by atoms with Crippen LogP contribution < -0.4 is 15.4 Å². The van der Waals surface area contributed by atoms with Crippen LogP contribution in [0.4, 0.5) is 0 Å². The molecule has 0 aliphatic carbocycles. The van der Waals surface area contributed by atoms with Gasteiger partial charge in [0.15, 0.2) is 5.96 Å². The molecule has 1 amide bonds. The van der Waals surface area contributed by atoms with E-state index in [4.69, 9.17) is 9.73 Å². The molecule has 1 aromatic rings. The first kappa shape index (κ1) is 24.4. The van der Waals surface area contributed by atoms with E-state index in [1.807, 2.05) is 0 Å². The summed E-state index contributed by atoms with van der Waals surface area (Å²) in [7, 11) is 5.66. The molecule has 32 heavy (non-hydrogen) atoms. The maximum Gasteiger partial charge on any atom is 0.220 e. The molecular formula is C25H41N5O2. The number of hydrogen-bond donors (Lipinski definition) is 2. The number of amides is 1. The van der Waals surface area contributed by atoms with Crippen molar-refractivity contribution in [3.63, 3.8) is 0 Å². The second-order valence-corrected chi connectivity index (χ2v) is 9.10. The van der Waals surface area contributed by atoms with Gasteiger partial charge in [-0.2, -0.15) is 0 Å². The van der Waals surface area contributed by atoms with Crippen LogP contribution in [-0.2, 0) is 4.79 Å². The average Bonchev–Trinajstić information content (AvgIpc) is 2.82. The summed E-state index contributed by atoms with van der Waals surface area (Å²) in [6.07, 6.45) is 5.12. The van der Waals surface area contributed by atoms with Gasteiger partial charge in [0.25, 0.3) is 0 Å². The summed E-state index contributed by atoms with van der Waals surface area (Å²) in [4.78, 5) is 21.7. The Labute approximate surface area is 193 Å². The number of methoxy groups -OCH3 is 1. The quantitative estimate of drug-likeness (QED) is 0.501. The molecule has 2 saturated heterocycles. The molecular weight excluding hydrogens is 402 g/mol. The number of carbonyl (C=O) groups is 1. The topological polar surface area (TPSA) is 69.2 Å². The molecule has 3 rings (SSSR count). The molecule has 2 heterocycles. The van der Waals surface area contributed by atoms with Gasteiger partial charge in [0, 0.05) is 45.7 Å². The van der Waals surface area contributed by atoms with E-state index in [1.54, 1.807) is 14.2 Å². The zero-order chi connectivity index (χ0) is 22.9. The number of nitrogens with zero attached hydrogens (tertiary/aromatic N) is 3. The van der Waals surface area contributed by atoms with Gasteiger partial charge in [-0.05, 0) is 75.7 Å². The van der Waals surface area contributed by atoms with E-state index in [2.05, 4.69) is 58.7 Å². The Morgan fingerprint density at radius 2 is 1.88 bits per heavy atom. The van der Waals surface area contributed by atoms with Crippen molar-refractivity contribution < 1.29 is 9.53 Å². The minimum Gasteiger partial charge on any atom is -0.497 e. The van der Waals surface area contributed by atoms with Gasteiger partial charge in [0.05, 0.1) is 7.11 Å². The van der Waals surface area contributed by atoms with Crippen molar-refractivity contribution in [1.82, 2.24) is 20.4 Å². The van der Waals surface area contributed by atoms with Gasteiger partial charge in [-0.15, -0.1) is 0 Å². The second kappa shape index (κ2) is 12.1. The van der Waals surface area contributed by atoms with Gasteiger partial charge in [-0.25, -0.2) is 0 Å². The largest absolute Gasteiger partial charge is 0.497 e. The third kappa shape index (κ3) is 6.37. The first-order valence-electron chi connectivity index (χ1n) is 12.1. The summed E-state index contributed by atoms with van der Waals surface area (Å²) in [5.74, 6) is 3.03. The van der Waals surface area contributed by atoms with Crippen LogP contribution in [0.15, 0.2) is 29.3 Å². The molecule has 0 spiro atoms. The van der Waals surface area contributed by atoms with Crippen molar-refractivity contribution in [1.29, 1.82) is 0 Å². The highest BCUT2D eigenvalue weighted by Crippen LogP contribution is 2.36. The maximum atomic E-state index is 11.7. The lowest BCUT2D eigenvalue weighted by Gasteiger charge is -2.39. The highest BCUT2D eigenvalue weighted by Gasteiger charge is 2.31. The summed E-state index contributed by atoms with van der Waals surface area (Å²) in [5.41, 5.74) is 1.34. The summed E-state index contributed by atoms with van der Waals surface area (Å²) < 4.78 is 5.35. The zero-order valence-corrected chi connectivity index (χ0v) is 20.3. The van der Waals surface area contributed by atoms with Crippen LogP contribution in [0.1, 0.15) is 50.6 Å². The number of carbonyl (C=O) groups excluding carboxylic acids is 1. The first-order valence-corrected chi connectivity index (χ1v) is 12.1. The molecule has 2 unspecified atom stereocenters. The van der Waals surface area contributed by atoms with Gasteiger partial charge in [-0.1, -0.05) is 12.1 Å². The molecule has 0 bridgehead atoms. The Kier molecular flexibility index (Phi) is 9.21. The smallest absolute Gasteiger partial charge is 0.220 e. The van der Waals surface area contributed by atoms with Crippen LogP contribution in [0, 0.1) is 11.8 Å². The van der Waals surface area contributed by atoms with E-state index in [-0.39, 0.29) is 5.91 Å². The normalized spacial score (nSPS) is 23.1. The second-order valence-electron chi connectivity index (χ2n) is 9.10. The van der Waals surface area contributed by atoms with Crippen LogP contribution >= 0.6 is 0 Å². The first-order chi connectivity index (χ1) is 15.5. The van der Waals surface area contributed by atoms with Crippen LogP contribution in [0.5, 0.6) is 5.75 Å². The molecule has 7 heteroatoms. The van der Waals surface area contributed by atoms with Crippen LogP contribution in [-0.4, -0.2) is 75.6 Å². The number of likely N-dealkylation sites (tertiary alicyclic amines) is 2. The van der Waals surface area contributed by atoms with E-state index in [9.17, 15) is 4.79 Å². The fourth-order valence-electron chi connectivity index (χ4n) is 5.12. The van der Waals surface area contributed by atoms with Crippen LogP contribution in [0.25, 0.3) is 0 Å². The third-order valence-corrected chi connectivity index (χ3v) is 6.94. The number of piperidine rings is 2. The van der Waals surface area contributed by atoms with Gasteiger partial charge in [0.1, 0.15) is 5.75 Å². The molecule has 2 fully saturated rings. The SMILES string of the molecule is CCNC(=NCC1CCCN(C)C1c1ccc(OC)cc1)N1CCC(CC(=O)NC)CC1. The Balaban J connectivity index is 1.66. The van der Waals surface area contributed by atoms with E-state index in [1.165, 1.54) is 18.4 Å². The maximum absolute atomic E-state index is 11.7. The van der Waals surface area contributed by atoms with E-state index in [0.717, 1.165) is 57.3 Å². The molecule has 2 atom stereocenters. The number of ether oxygens (including phenoxy) is 1. The Hall–Kier alpha value is -2.28. The minimum absolute atomic E-state index is 0.148. The molecule has 2 aliphatic heterocycles. The van der Waals surface area contributed by atoms with Crippen molar-refractivity contribution in [2.24, 2.45) is 16.8 Å². The summed E-state index contributed by atoms with van der Waals surface area (Å²) in [6, 6.07) is 8.89. The lowest BCUT2D eigenvalue weighted by atomic mass is 9.85. The van der Waals surface area contributed by atoms with Crippen molar-refractivity contribution in [3.05, 3.63) is 29.8 Å². The fourth-order valence-corrected chi connectivity index (χ4v) is 5.12. The summed E-state index contributed by atoms with van der Waals surface area (Å²) in [5, 5.41) is 6.26. The number of rotatable bonds is 7. The third-order valence-electron chi connectivity index (χ3n) is 6.94. The van der Waals surface area contributed by atoms with Gasteiger partial charge in [0.2, 0.25) is 5.91 Å². The number of nitrogens with one attached hydrogen (secondary N) is 2. The number of aliphatic imine (C=N–C) groups is 1. The summed E-state index contributed by atoms with van der Waals surface area (Å²) in [6.45, 7) is 6.85. The molecule has 7 nitrogen and oxygen atoms in total. The lowest BCUT2D eigenvalue weighted by Crippen LogP contribution is -2.46. The van der Waals surface area contributed by atoms with Crippen LogP contribution in [0.2, 0.25) is 0 Å². The van der Waals surface area contributed by atoms with E-state index >= 15 is 0 Å². The predicted octanol–water partition coefficient (Wildman–Crippen LogP) is 2.89. The highest BCUT2D eigenvalue weighted by molar-refractivity contribution is 5.80. The predicted molar refractivity (Wildman–Crippen MR) is 130 cm³/mol. The van der Waals surface area contributed by atoms with Crippen molar-refractivity contribution >= 4 is 11.9 Å². The standard InChI is InChI=1S/C25H41N5O2/c1-5-27-25(30-15-12-19(13-16-30)17-23(31)26-2)28-18-21-7-6-14-29(3)24(21)20-8-10-22(32-4)11-9-20/h8-11,19,21,24H,5-7,12-18H2,1-4H3,(H,26,31)(H,27,28). The molecule has 2 N–H and O–H groups in total. The zero-order valence-electron chi connectivity index (χ0n) is 20.3. The molecule has 0 radical (unpaired) electrons. The van der Waals surface area contributed by atoms with Crippen molar-refractivity contribution in [2.45, 2.75) is 45.1 Å². The van der Waals surface area contributed by atoms with Crippen molar-refractivity contribution in [2.75, 3.05) is 53.9 Å². The van der Waals surface area contributed by atoms with Crippen molar-refractivity contribution in [3.8, 4) is 5.75 Å². The Morgan fingerprint density at radius 3 is 2.50 bits per heavy atom. The molecule has 0 aromatic heterocycles. The average molecular weight is 444 g/mol. The number of hydrogen-bond acceptors (Lipinski definition) is 4. The van der Waals surface area contributed by atoms with Gasteiger partial charge >= 0.3 is 0 Å². The minimum atomic E-state index is 0.148. The van der Waals surface area contributed by atoms with E-state index in [0.29, 0.717) is 24.3 Å². The Morgan fingerprint density at radius 1 is 1.16 bits per heavy atom. The molecule has 0 saturated carbocycles. The van der Waals surface area contributed by atoms with Gasteiger partial charge < -0.3 is 20.3 Å². The molecule has 178 valence electrons. The lowest BCUT2D eigenvalue weighted by molar-refractivity contribution is -0.121. The van der Waals surface area contributed by atoms with Crippen LogP contribution in [0.3, 0.4) is 0 Å². The monoisotopic (exact) mass is 443 g/mol. The fraction of sp³-hybridized carbons (Fsp3) is 0.680. The number of guanidine groups is 1. The number of benzene rings is 1.